The summed E-state index contributed by atoms with van der Waals surface area (Å²) < 4.78 is 10.9. The van der Waals surface area contributed by atoms with Crippen molar-refractivity contribution < 1.29 is 19.2 Å². The second-order valence-electron chi connectivity index (χ2n) is 6.73. The molecule has 2 rings (SSSR count). The normalized spacial score (nSPS) is 15.6. The first-order chi connectivity index (χ1) is 12.5. The van der Waals surface area contributed by atoms with Crippen molar-refractivity contribution in [3.8, 4) is 5.75 Å². The predicted molar refractivity (Wildman–Crippen MR) is 97.4 cm³/mol. The van der Waals surface area contributed by atoms with Crippen molar-refractivity contribution in [3.63, 3.8) is 0 Å². The molecule has 0 aromatic heterocycles. The highest BCUT2D eigenvalue weighted by Crippen LogP contribution is 2.25. The van der Waals surface area contributed by atoms with Gasteiger partial charge in [0.15, 0.2) is 5.75 Å². The van der Waals surface area contributed by atoms with Crippen LogP contribution < -0.4 is 4.74 Å². The maximum atomic E-state index is 12.1. The lowest BCUT2D eigenvalue weighted by Gasteiger charge is -2.22. The summed E-state index contributed by atoms with van der Waals surface area (Å²) >= 11 is 0. The van der Waals surface area contributed by atoms with Gasteiger partial charge in [-0.3, -0.25) is 15.0 Å². The van der Waals surface area contributed by atoms with Crippen molar-refractivity contribution >= 4 is 11.8 Å². The minimum Gasteiger partial charge on any atom is -0.485 e. The van der Waals surface area contributed by atoms with Crippen LogP contribution in [0.2, 0.25) is 0 Å². The fourth-order valence-electron chi connectivity index (χ4n) is 2.72. The molecule has 0 atom stereocenters. The van der Waals surface area contributed by atoms with Gasteiger partial charge in [0.1, 0.15) is 6.61 Å². The minimum atomic E-state index is -0.443. The molecule has 0 radical (unpaired) electrons. The van der Waals surface area contributed by atoms with Crippen molar-refractivity contribution in [2.45, 2.75) is 20.3 Å². The van der Waals surface area contributed by atoms with Gasteiger partial charge in [0.05, 0.1) is 11.5 Å². The van der Waals surface area contributed by atoms with E-state index in [0.29, 0.717) is 38.8 Å². The van der Waals surface area contributed by atoms with Crippen molar-refractivity contribution in [1.82, 2.24) is 9.80 Å². The van der Waals surface area contributed by atoms with Crippen LogP contribution in [0.1, 0.15) is 20.3 Å². The van der Waals surface area contributed by atoms with Crippen molar-refractivity contribution in [2.75, 3.05) is 45.9 Å². The predicted octanol–water partition coefficient (Wildman–Crippen LogP) is 2.77. The van der Waals surface area contributed by atoms with Gasteiger partial charge in [-0.1, -0.05) is 26.0 Å². The molecule has 1 aliphatic rings. The molecule has 144 valence electrons. The van der Waals surface area contributed by atoms with Gasteiger partial charge in [-0.2, -0.15) is 0 Å². The quantitative estimate of drug-likeness (QED) is 0.546. The summed E-state index contributed by atoms with van der Waals surface area (Å²) in [4.78, 5) is 26.5. The number of nitro benzene ring substituents is 1. The van der Waals surface area contributed by atoms with Crippen molar-refractivity contribution in [1.29, 1.82) is 0 Å². The lowest BCUT2D eigenvalue weighted by atomic mass is 10.2. The summed E-state index contributed by atoms with van der Waals surface area (Å²) in [6.07, 6.45) is 0.610. The zero-order chi connectivity index (χ0) is 18.9. The number of amides is 1. The van der Waals surface area contributed by atoms with Crippen LogP contribution in [0, 0.1) is 16.0 Å². The van der Waals surface area contributed by atoms with E-state index in [0.717, 1.165) is 19.5 Å². The highest BCUT2D eigenvalue weighted by Gasteiger charge is 2.20. The highest BCUT2D eigenvalue weighted by molar-refractivity contribution is 5.67. The third kappa shape index (κ3) is 6.18. The number of nitrogens with zero attached hydrogens (tertiary/aromatic N) is 3. The van der Waals surface area contributed by atoms with E-state index in [-0.39, 0.29) is 17.5 Å². The van der Waals surface area contributed by atoms with E-state index in [1.807, 2.05) is 13.8 Å². The van der Waals surface area contributed by atoms with E-state index in [4.69, 9.17) is 9.47 Å². The number of nitro groups is 1. The average Bonchev–Trinajstić information content (AvgIpc) is 2.85. The minimum absolute atomic E-state index is 0.0255. The second kappa shape index (κ2) is 9.96. The molecular formula is C18H27N3O5. The molecule has 1 saturated heterocycles. The Labute approximate surface area is 153 Å². The van der Waals surface area contributed by atoms with Crippen LogP contribution in [-0.2, 0) is 4.74 Å². The molecule has 26 heavy (non-hydrogen) atoms. The summed E-state index contributed by atoms with van der Waals surface area (Å²) in [6.45, 7) is 8.35. The third-order valence-corrected chi connectivity index (χ3v) is 4.11. The fourth-order valence-corrected chi connectivity index (χ4v) is 2.72. The van der Waals surface area contributed by atoms with Crippen LogP contribution in [0.15, 0.2) is 24.3 Å². The lowest BCUT2D eigenvalue weighted by molar-refractivity contribution is -0.385. The van der Waals surface area contributed by atoms with Crippen LogP contribution in [0.5, 0.6) is 5.75 Å². The zero-order valence-electron chi connectivity index (χ0n) is 15.4. The Kier molecular flexibility index (Phi) is 7.65. The molecule has 8 heteroatoms. The number of benzene rings is 1. The molecule has 0 unspecified atom stereocenters. The lowest BCUT2D eigenvalue weighted by Crippen LogP contribution is -2.37. The van der Waals surface area contributed by atoms with Gasteiger partial charge in [-0.05, 0) is 18.4 Å². The van der Waals surface area contributed by atoms with Gasteiger partial charge in [0, 0.05) is 38.8 Å². The summed E-state index contributed by atoms with van der Waals surface area (Å²) in [5.74, 6) is 0.604. The molecule has 1 aromatic rings. The first-order valence-electron chi connectivity index (χ1n) is 8.97. The Hall–Kier alpha value is -2.35. The monoisotopic (exact) mass is 365 g/mol. The van der Waals surface area contributed by atoms with Crippen LogP contribution in [0.3, 0.4) is 0 Å². The number of carbonyl (C=O) groups is 1. The average molecular weight is 365 g/mol. The molecule has 1 fully saturated rings. The van der Waals surface area contributed by atoms with Gasteiger partial charge in [0.2, 0.25) is 0 Å². The zero-order valence-corrected chi connectivity index (χ0v) is 15.4. The largest absolute Gasteiger partial charge is 0.485 e. The third-order valence-electron chi connectivity index (χ3n) is 4.11. The molecule has 0 aliphatic carbocycles. The number of hydrogen-bond donors (Lipinski definition) is 0. The van der Waals surface area contributed by atoms with Gasteiger partial charge >= 0.3 is 11.8 Å². The molecule has 1 heterocycles. The summed E-state index contributed by atoms with van der Waals surface area (Å²) in [5, 5.41) is 11.0. The molecule has 1 aromatic carbocycles. The van der Waals surface area contributed by atoms with Crippen molar-refractivity contribution in [2.24, 2.45) is 5.92 Å². The molecule has 0 saturated carbocycles. The molecule has 0 bridgehead atoms. The van der Waals surface area contributed by atoms with Gasteiger partial charge in [-0.15, -0.1) is 0 Å². The maximum Gasteiger partial charge on any atom is 0.409 e. The maximum absolute atomic E-state index is 12.1. The van der Waals surface area contributed by atoms with Crippen LogP contribution >= 0.6 is 0 Å². The topological polar surface area (TPSA) is 85.2 Å². The Morgan fingerprint density at radius 1 is 1.23 bits per heavy atom. The van der Waals surface area contributed by atoms with E-state index < -0.39 is 4.92 Å². The van der Waals surface area contributed by atoms with E-state index in [1.54, 1.807) is 23.1 Å². The van der Waals surface area contributed by atoms with Crippen LogP contribution in [0.4, 0.5) is 10.5 Å². The van der Waals surface area contributed by atoms with Crippen LogP contribution in [0.25, 0.3) is 0 Å². The molecular weight excluding hydrogens is 338 g/mol. The molecule has 8 nitrogen and oxygen atoms in total. The smallest absolute Gasteiger partial charge is 0.409 e. The molecule has 0 spiro atoms. The summed E-state index contributed by atoms with van der Waals surface area (Å²) in [6, 6.07) is 6.37. The first kappa shape index (κ1) is 20.0. The molecule has 1 aliphatic heterocycles. The number of carbonyl (C=O) groups excluding carboxylic acids is 1. The van der Waals surface area contributed by atoms with Gasteiger partial charge in [0.25, 0.3) is 0 Å². The number of hydrogen-bond acceptors (Lipinski definition) is 6. The Bertz CT molecular complexity index is 608. The standard InChI is InChI=1S/C18H27N3O5/c1-15(2)14-26-18(22)20-9-5-8-19(10-11-20)12-13-25-17-7-4-3-6-16(17)21(23)24/h3-4,6-7,15H,5,8-14H2,1-2H3. The van der Waals surface area contributed by atoms with Gasteiger partial charge in [-0.25, -0.2) is 4.79 Å². The van der Waals surface area contributed by atoms with E-state index >= 15 is 0 Å². The summed E-state index contributed by atoms with van der Waals surface area (Å²) in [7, 11) is 0. The number of ether oxygens (including phenoxy) is 2. The fraction of sp³-hybridized carbons (Fsp3) is 0.611. The van der Waals surface area contributed by atoms with Crippen LogP contribution in [-0.4, -0.2) is 66.8 Å². The van der Waals surface area contributed by atoms with E-state index in [1.165, 1.54) is 6.07 Å². The molecule has 0 N–H and O–H groups in total. The number of para-hydroxylation sites is 2. The van der Waals surface area contributed by atoms with Crippen molar-refractivity contribution in [3.05, 3.63) is 34.4 Å². The van der Waals surface area contributed by atoms with E-state index in [9.17, 15) is 14.9 Å². The van der Waals surface area contributed by atoms with Gasteiger partial charge < -0.3 is 14.4 Å². The number of rotatable bonds is 7. The highest BCUT2D eigenvalue weighted by atomic mass is 16.6. The molecule has 1 amide bonds. The van der Waals surface area contributed by atoms with E-state index in [2.05, 4.69) is 4.90 Å². The Balaban J connectivity index is 1.76. The first-order valence-corrected chi connectivity index (χ1v) is 8.97. The summed E-state index contributed by atoms with van der Waals surface area (Å²) in [5.41, 5.74) is -0.0255. The second-order valence-corrected chi connectivity index (χ2v) is 6.73. The Morgan fingerprint density at radius 2 is 2.00 bits per heavy atom. The Morgan fingerprint density at radius 3 is 2.73 bits per heavy atom. The SMILES string of the molecule is CC(C)COC(=O)N1CCCN(CCOc2ccccc2[N+](=O)[O-])CC1.